The number of nitrogens with zero attached hydrogens (tertiary/aromatic N) is 3. The summed E-state index contributed by atoms with van der Waals surface area (Å²) in [5.41, 5.74) is 2.55. The van der Waals surface area contributed by atoms with Crippen LogP contribution in [0.25, 0.3) is 11.3 Å². The van der Waals surface area contributed by atoms with E-state index in [1.807, 2.05) is 36.4 Å². The summed E-state index contributed by atoms with van der Waals surface area (Å²) in [4.78, 5) is 24.2. The number of hydrogen-bond donors (Lipinski definition) is 1. The summed E-state index contributed by atoms with van der Waals surface area (Å²) < 4.78 is 10.4. The van der Waals surface area contributed by atoms with E-state index in [0.717, 1.165) is 43.2 Å². The number of benzene rings is 2. The van der Waals surface area contributed by atoms with Crippen LogP contribution in [-0.2, 0) is 0 Å². The number of aromatic nitrogens is 2. The summed E-state index contributed by atoms with van der Waals surface area (Å²) >= 11 is 0. The first-order chi connectivity index (χ1) is 14.2. The normalized spacial score (nSPS) is 14.0. The summed E-state index contributed by atoms with van der Waals surface area (Å²) in [5.74, 6) is 2.23. The standard InChI is InChI=1S/C22H24N4O3/c1-28-18-7-3-16(4-8-18)20-15-21(27)24-22(23-20)26-13-11-25(12-14-26)17-5-9-19(29-2)10-6-17/h3-10,15H,11-14H2,1-2H3,(H,23,24,27). The van der Waals surface area contributed by atoms with Gasteiger partial charge in [0, 0.05) is 43.5 Å². The molecule has 0 spiro atoms. The molecule has 0 saturated carbocycles. The van der Waals surface area contributed by atoms with Gasteiger partial charge in [-0.1, -0.05) is 0 Å². The molecule has 3 aromatic rings. The van der Waals surface area contributed by atoms with E-state index >= 15 is 0 Å². The maximum atomic E-state index is 12.2. The van der Waals surface area contributed by atoms with Gasteiger partial charge in [0.1, 0.15) is 11.5 Å². The van der Waals surface area contributed by atoms with Crippen molar-refractivity contribution in [1.82, 2.24) is 9.97 Å². The van der Waals surface area contributed by atoms with E-state index in [1.54, 1.807) is 14.2 Å². The molecule has 1 aliphatic rings. The second kappa shape index (κ2) is 8.26. The topological polar surface area (TPSA) is 70.7 Å². The lowest BCUT2D eigenvalue weighted by molar-refractivity contribution is 0.414. The molecule has 7 heteroatoms. The third kappa shape index (κ3) is 4.18. The number of H-pyrrole nitrogens is 1. The van der Waals surface area contributed by atoms with Crippen LogP contribution in [0.1, 0.15) is 0 Å². The highest BCUT2D eigenvalue weighted by Gasteiger charge is 2.20. The van der Waals surface area contributed by atoms with Gasteiger partial charge in [-0.15, -0.1) is 0 Å². The van der Waals surface area contributed by atoms with E-state index in [-0.39, 0.29) is 5.56 Å². The molecule has 2 heterocycles. The van der Waals surface area contributed by atoms with E-state index in [4.69, 9.17) is 14.5 Å². The Morgan fingerprint density at radius 1 is 0.828 bits per heavy atom. The molecule has 0 bridgehead atoms. The Bertz CT molecular complexity index is 1010. The molecule has 7 nitrogen and oxygen atoms in total. The van der Waals surface area contributed by atoms with Gasteiger partial charge in [-0.25, -0.2) is 4.98 Å². The highest BCUT2D eigenvalue weighted by molar-refractivity contribution is 5.61. The van der Waals surface area contributed by atoms with Gasteiger partial charge in [0.15, 0.2) is 0 Å². The Morgan fingerprint density at radius 3 is 1.97 bits per heavy atom. The third-order valence-electron chi connectivity index (χ3n) is 5.13. The summed E-state index contributed by atoms with van der Waals surface area (Å²) in [6.45, 7) is 3.26. The fraction of sp³-hybridized carbons (Fsp3) is 0.273. The molecule has 0 aliphatic carbocycles. The van der Waals surface area contributed by atoms with E-state index in [9.17, 15) is 4.79 Å². The molecule has 1 fully saturated rings. The number of nitrogens with one attached hydrogen (secondary N) is 1. The Kier molecular flexibility index (Phi) is 5.37. The monoisotopic (exact) mass is 392 g/mol. The number of rotatable bonds is 5. The SMILES string of the molecule is COc1ccc(-c2cc(=O)[nH]c(N3CCN(c4ccc(OC)cc4)CC3)n2)cc1. The summed E-state index contributed by atoms with van der Waals surface area (Å²) in [6, 6.07) is 17.2. The molecule has 29 heavy (non-hydrogen) atoms. The Morgan fingerprint density at radius 2 is 1.38 bits per heavy atom. The second-order valence-corrected chi connectivity index (χ2v) is 6.85. The minimum atomic E-state index is -0.154. The molecule has 0 radical (unpaired) electrons. The first-order valence-corrected chi connectivity index (χ1v) is 9.56. The molecule has 4 rings (SSSR count). The van der Waals surface area contributed by atoms with Crippen LogP contribution in [0.3, 0.4) is 0 Å². The van der Waals surface area contributed by atoms with Crippen molar-refractivity contribution < 1.29 is 9.47 Å². The van der Waals surface area contributed by atoms with Gasteiger partial charge in [-0.05, 0) is 48.5 Å². The van der Waals surface area contributed by atoms with Crippen LogP contribution < -0.4 is 24.8 Å². The highest BCUT2D eigenvalue weighted by atomic mass is 16.5. The molecule has 0 unspecified atom stereocenters. The lowest BCUT2D eigenvalue weighted by atomic mass is 10.1. The number of ether oxygens (including phenoxy) is 2. The van der Waals surface area contributed by atoms with Gasteiger partial charge >= 0.3 is 0 Å². The summed E-state index contributed by atoms with van der Waals surface area (Å²) in [6.07, 6.45) is 0. The van der Waals surface area contributed by atoms with E-state index in [1.165, 1.54) is 11.8 Å². The maximum Gasteiger partial charge on any atom is 0.252 e. The minimum absolute atomic E-state index is 0.154. The van der Waals surface area contributed by atoms with Crippen molar-refractivity contribution in [2.75, 3.05) is 50.2 Å². The van der Waals surface area contributed by atoms with Crippen molar-refractivity contribution in [2.45, 2.75) is 0 Å². The molecule has 0 amide bonds. The Hall–Kier alpha value is -3.48. The van der Waals surface area contributed by atoms with Crippen molar-refractivity contribution in [1.29, 1.82) is 0 Å². The molecule has 1 aliphatic heterocycles. The molecule has 1 saturated heterocycles. The Balaban J connectivity index is 1.49. The molecule has 1 aromatic heterocycles. The summed E-state index contributed by atoms with van der Waals surface area (Å²) in [7, 11) is 3.30. The molecular weight excluding hydrogens is 368 g/mol. The van der Waals surface area contributed by atoms with Crippen molar-refractivity contribution >= 4 is 11.6 Å². The molecule has 0 atom stereocenters. The predicted molar refractivity (Wildman–Crippen MR) is 114 cm³/mol. The predicted octanol–water partition coefficient (Wildman–Crippen LogP) is 2.78. The van der Waals surface area contributed by atoms with Crippen LogP contribution in [0.4, 0.5) is 11.6 Å². The third-order valence-corrected chi connectivity index (χ3v) is 5.13. The van der Waals surface area contributed by atoms with Crippen LogP contribution in [0.15, 0.2) is 59.4 Å². The van der Waals surface area contributed by atoms with E-state index in [0.29, 0.717) is 11.6 Å². The Labute approximate surface area is 169 Å². The fourth-order valence-corrected chi connectivity index (χ4v) is 3.47. The van der Waals surface area contributed by atoms with Crippen molar-refractivity contribution in [2.24, 2.45) is 0 Å². The van der Waals surface area contributed by atoms with Crippen LogP contribution in [0.2, 0.25) is 0 Å². The first-order valence-electron chi connectivity index (χ1n) is 9.56. The summed E-state index contributed by atoms with van der Waals surface area (Å²) in [5, 5.41) is 0. The van der Waals surface area contributed by atoms with Crippen molar-refractivity contribution in [3.05, 3.63) is 65.0 Å². The zero-order valence-electron chi connectivity index (χ0n) is 16.6. The van der Waals surface area contributed by atoms with Crippen molar-refractivity contribution in [3.8, 4) is 22.8 Å². The van der Waals surface area contributed by atoms with E-state index in [2.05, 4.69) is 26.9 Å². The van der Waals surface area contributed by atoms with Gasteiger partial charge in [0.25, 0.3) is 5.56 Å². The zero-order valence-corrected chi connectivity index (χ0v) is 16.6. The molecule has 150 valence electrons. The van der Waals surface area contributed by atoms with E-state index < -0.39 is 0 Å². The second-order valence-electron chi connectivity index (χ2n) is 6.85. The zero-order chi connectivity index (χ0) is 20.2. The van der Waals surface area contributed by atoms with Crippen LogP contribution in [-0.4, -0.2) is 50.4 Å². The van der Waals surface area contributed by atoms with Gasteiger partial charge in [0.2, 0.25) is 5.95 Å². The number of anilines is 2. The van der Waals surface area contributed by atoms with Gasteiger partial charge in [0.05, 0.1) is 19.9 Å². The van der Waals surface area contributed by atoms with Crippen molar-refractivity contribution in [3.63, 3.8) is 0 Å². The lowest BCUT2D eigenvalue weighted by Crippen LogP contribution is -2.47. The largest absolute Gasteiger partial charge is 0.497 e. The number of hydrogen-bond acceptors (Lipinski definition) is 6. The van der Waals surface area contributed by atoms with Crippen LogP contribution in [0.5, 0.6) is 11.5 Å². The van der Waals surface area contributed by atoms with Gasteiger partial charge < -0.3 is 19.3 Å². The average Bonchev–Trinajstić information content (AvgIpc) is 2.79. The minimum Gasteiger partial charge on any atom is -0.497 e. The highest BCUT2D eigenvalue weighted by Crippen LogP contribution is 2.23. The average molecular weight is 392 g/mol. The van der Waals surface area contributed by atoms with Gasteiger partial charge in [-0.2, -0.15) is 0 Å². The lowest BCUT2D eigenvalue weighted by Gasteiger charge is -2.36. The van der Waals surface area contributed by atoms with Gasteiger partial charge in [-0.3, -0.25) is 9.78 Å². The fourth-order valence-electron chi connectivity index (χ4n) is 3.47. The van der Waals surface area contributed by atoms with Crippen LogP contribution >= 0.6 is 0 Å². The maximum absolute atomic E-state index is 12.2. The number of piperazine rings is 1. The number of aromatic amines is 1. The smallest absolute Gasteiger partial charge is 0.252 e. The van der Waals surface area contributed by atoms with Crippen LogP contribution in [0, 0.1) is 0 Å². The quantitative estimate of drug-likeness (QED) is 0.720. The first kappa shape index (κ1) is 18.9. The molecule has 1 N–H and O–H groups in total. The number of methoxy groups -OCH3 is 2. The molecule has 2 aromatic carbocycles. The molecular formula is C22H24N4O3.